The Labute approximate surface area is 114 Å². The summed E-state index contributed by atoms with van der Waals surface area (Å²) in [5, 5.41) is 5.06. The second kappa shape index (κ2) is 7.71. The van der Waals surface area contributed by atoms with Gasteiger partial charge in [-0.3, -0.25) is 4.79 Å². The Kier molecular flexibility index (Phi) is 6.21. The fourth-order valence-corrected chi connectivity index (χ4v) is 1.70. The second-order valence-electron chi connectivity index (χ2n) is 3.47. The maximum atomic E-state index is 11.4. The van der Waals surface area contributed by atoms with Gasteiger partial charge >= 0.3 is 12.0 Å². The van der Waals surface area contributed by atoms with Crippen LogP contribution >= 0.6 is 15.9 Å². The number of urea groups is 1. The quantitative estimate of drug-likeness (QED) is 0.815. The van der Waals surface area contributed by atoms with Gasteiger partial charge in [0, 0.05) is 11.0 Å². The van der Waals surface area contributed by atoms with Gasteiger partial charge in [0.25, 0.3) is 0 Å². The second-order valence-corrected chi connectivity index (χ2v) is 4.39. The van der Waals surface area contributed by atoms with Crippen molar-refractivity contribution in [3.63, 3.8) is 0 Å². The average Bonchev–Trinajstić information content (AvgIpc) is 2.34. The van der Waals surface area contributed by atoms with Crippen LogP contribution in [0.3, 0.4) is 0 Å². The van der Waals surface area contributed by atoms with Gasteiger partial charge in [-0.25, -0.2) is 4.79 Å². The summed E-state index contributed by atoms with van der Waals surface area (Å²) in [5.41, 5.74) is 0.968. The normalized spacial score (nSPS) is 9.67. The number of nitrogens with one attached hydrogen (secondary N) is 2. The van der Waals surface area contributed by atoms with Gasteiger partial charge < -0.3 is 15.4 Å². The van der Waals surface area contributed by atoms with Crippen molar-refractivity contribution in [1.29, 1.82) is 0 Å². The largest absolute Gasteiger partial charge is 0.465 e. The van der Waals surface area contributed by atoms with Crippen LogP contribution in [-0.4, -0.2) is 25.2 Å². The number of rotatable bonds is 5. The lowest BCUT2D eigenvalue weighted by molar-refractivity contribution is -0.141. The Bertz CT molecular complexity index is 424. The highest BCUT2D eigenvalue weighted by molar-refractivity contribution is 9.10. The number of ether oxygens (including phenoxy) is 1. The molecule has 0 aliphatic carbocycles. The highest BCUT2D eigenvalue weighted by Crippen LogP contribution is 2.11. The van der Waals surface area contributed by atoms with Crippen LogP contribution < -0.4 is 10.6 Å². The summed E-state index contributed by atoms with van der Waals surface area (Å²) in [6.07, 6.45) is 0. The molecule has 0 heterocycles. The summed E-state index contributed by atoms with van der Waals surface area (Å²) in [7, 11) is 0. The highest BCUT2D eigenvalue weighted by Gasteiger charge is 2.05. The van der Waals surface area contributed by atoms with E-state index in [1.165, 1.54) is 0 Å². The molecule has 0 spiro atoms. The van der Waals surface area contributed by atoms with E-state index in [1.807, 2.05) is 24.3 Å². The summed E-state index contributed by atoms with van der Waals surface area (Å²) in [6, 6.07) is 7.20. The van der Waals surface area contributed by atoms with Crippen LogP contribution in [0, 0.1) is 0 Å². The van der Waals surface area contributed by atoms with E-state index in [9.17, 15) is 9.59 Å². The van der Waals surface area contributed by atoms with Crippen molar-refractivity contribution in [1.82, 2.24) is 10.6 Å². The molecule has 6 heteroatoms. The smallest absolute Gasteiger partial charge is 0.325 e. The van der Waals surface area contributed by atoms with Gasteiger partial charge in [0.1, 0.15) is 6.54 Å². The molecule has 0 saturated carbocycles. The number of esters is 1. The molecule has 0 aliphatic rings. The molecular weight excluding hydrogens is 300 g/mol. The zero-order valence-electron chi connectivity index (χ0n) is 10.0. The molecule has 5 nitrogen and oxygen atoms in total. The Morgan fingerprint density at radius 1 is 1.33 bits per heavy atom. The molecule has 0 fully saturated rings. The molecular formula is C12H15BrN2O3. The lowest BCUT2D eigenvalue weighted by Crippen LogP contribution is -2.38. The molecule has 0 atom stereocenters. The number of amides is 2. The van der Waals surface area contributed by atoms with E-state index in [2.05, 4.69) is 31.3 Å². The molecule has 0 aromatic heterocycles. The van der Waals surface area contributed by atoms with E-state index in [0.29, 0.717) is 13.2 Å². The van der Waals surface area contributed by atoms with E-state index in [1.54, 1.807) is 6.92 Å². The first-order valence-electron chi connectivity index (χ1n) is 5.53. The first-order valence-corrected chi connectivity index (χ1v) is 6.33. The fraction of sp³-hybridized carbons (Fsp3) is 0.333. The summed E-state index contributed by atoms with van der Waals surface area (Å²) in [4.78, 5) is 22.4. The molecule has 0 aliphatic heterocycles. The maximum absolute atomic E-state index is 11.4. The van der Waals surface area contributed by atoms with Crippen molar-refractivity contribution < 1.29 is 14.3 Å². The lowest BCUT2D eigenvalue weighted by Gasteiger charge is -2.07. The molecule has 1 aromatic rings. The van der Waals surface area contributed by atoms with E-state index >= 15 is 0 Å². The van der Waals surface area contributed by atoms with Crippen LogP contribution in [0.25, 0.3) is 0 Å². The monoisotopic (exact) mass is 314 g/mol. The predicted molar refractivity (Wildman–Crippen MR) is 71.0 cm³/mol. The predicted octanol–water partition coefficient (Wildman–Crippen LogP) is 1.81. The topological polar surface area (TPSA) is 67.4 Å². The van der Waals surface area contributed by atoms with E-state index in [-0.39, 0.29) is 6.54 Å². The minimum absolute atomic E-state index is 0.127. The molecule has 0 radical (unpaired) electrons. The Morgan fingerprint density at radius 2 is 2.11 bits per heavy atom. The first kappa shape index (κ1) is 14.5. The molecule has 1 rings (SSSR count). The van der Waals surface area contributed by atoms with Crippen LogP contribution in [0.4, 0.5) is 4.79 Å². The maximum Gasteiger partial charge on any atom is 0.325 e. The lowest BCUT2D eigenvalue weighted by atomic mass is 10.2. The van der Waals surface area contributed by atoms with Crippen molar-refractivity contribution in [2.75, 3.05) is 13.2 Å². The summed E-state index contributed by atoms with van der Waals surface area (Å²) < 4.78 is 5.64. The molecule has 0 bridgehead atoms. The van der Waals surface area contributed by atoms with Crippen molar-refractivity contribution in [2.24, 2.45) is 0 Å². The van der Waals surface area contributed by atoms with Gasteiger partial charge in [-0.2, -0.15) is 0 Å². The molecule has 98 valence electrons. The number of benzene rings is 1. The van der Waals surface area contributed by atoms with Crippen LogP contribution in [0.5, 0.6) is 0 Å². The van der Waals surface area contributed by atoms with Gasteiger partial charge in [0.15, 0.2) is 0 Å². The fourth-order valence-electron chi connectivity index (χ4n) is 1.26. The van der Waals surface area contributed by atoms with Gasteiger partial charge in [0.05, 0.1) is 6.61 Å². The molecule has 2 amide bonds. The van der Waals surface area contributed by atoms with Crippen molar-refractivity contribution in [3.05, 3.63) is 34.3 Å². The SMILES string of the molecule is CCOC(=O)CNC(=O)NCc1cccc(Br)c1. The Morgan fingerprint density at radius 3 is 2.78 bits per heavy atom. The zero-order chi connectivity index (χ0) is 13.4. The van der Waals surface area contributed by atoms with Gasteiger partial charge in [-0.15, -0.1) is 0 Å². The summed E-state index contributed by atoms with van der Waals surface area (Å²) >= 11 is 3.35. The average molecular weight is 315 g/mol. The number of hydrogen-bond acceptors (Lipinski definition) is 3. The molecule has 0 saturated heterocycles. The standard InChI is InChI=1S/C12H15BrN2O3/c1-2-18-11(16)8-15-12(17)14-7-9-4-3-5-10(13)6-9/h3-6H,2,7-8H2,1H3,(H2,14,15,17). The first-order chi connectivity index (χ1) is 8.61. The highest BCUT2D eigenvalue weighted by atomic mass is 79.9. The zero-order valence-corrected chi connectivity index (χ0v) is 11.6. The van der Waals surface area contributed by atoms with Crippen molar-refractivity contribution in [2.45, 2.75) is 13.5 Å². The van der Waals surface area contributed by atoms with Crippen LogP contribution in [-0.2, 0) is 16.1 Å². The van der Waals surface area contributed by atoms with E-state index < -0.39 is 12.0 Å². The Balaban J connectivity index is 2.27. The number of carbonyl (C=O) groups is 2. The van der Waals surface area contributed by atoms with E-state index in [0.717, 1.165) is 10.0 Å². The Hall–Kier alpha value is -1.56. The minimum atomic E-state index is -0.449. The summed E-state index contributed by atoms with van der Waals surface area (Å²) in [6.45, 7) is 2.29. The number of hydrogen-bond donors (Lipinski definition) is 2. The third kappa shape index (κ3) is 5.67. The molecule has 1 aromatic carbocycles. The van der Waals surface area contributed by atoms with Gasteiger partial charge in [0.2, 0.25) is 0 Å². The van der Waals surface area contributed by atoms with Crippen molar-refractivity contribution in [3.8, 4) is 0 Å². The third-order valence-electron chi connectivity index (χ3n) is 2.04. The number of halogens is 1. The molecule has 18 heavy (non-hydrogen) atoms. The molecule has 0 unspecified atom stereocenters. The molecule has 2 N–H and O–H groups in total. The minimum Gasteiger partial charge on any atom is -0.465 e. The van der Waals surface area contributed by atoms with E-state index in [4.69, 9.17) is 0 Å². The van der Waals surface area contributed by atoms with Gasteiger partial charge in [-0.1, -0.05) is 28.1 Å². The van der Waals surface area contributed by atoms with Crippen LogP contribution in [0.1, 0.15) is 12.5 Å². The van der Waals surface area contributed by atoms with Crippen LogP contribution in [0.2, 0.25) is 0 Å². The van der Waals surface area contributed by atoms with Gasteiger partial charge in [-0.05, 0) is 24.6 Å². The third-order valence-corrected chi connectivity index (χ3v) is 2.53. The van der Waals surface area contributed by atoms with Crippen molar-refractivity contribution >= 4 is 27.9 Å². The van der Waals surface area contributed by atoms with Crippen LogP contribution in [0.15, 0.2) is 28.7 Å². The summed E-state index contributed by atoms with van der Waals surface area (Å²) in [5.74, 6) is -0.449. The number of carbonyl (C=O) groups excluding carboxylic acids is 2.